The number of nitrogens with zero attached hydrogens (tertiary/aromatic N) is 2. The largest absolute Gasteiger partial charge is 0.344 e. The van der Waals surface area contributed by atoms with Crippen LogP contribution in [-0.2, 0) is 0 Å². The Bertz CT molecular complexity index is 405. The van der Waals surface area contributed by atoms with Crippen molar-refractivity contribution in [3.05, 3.63) is 54.7 Å². The molecule has 0 aliphatic heterocycles. The van der Waals surface area contributed by atoms with Gasteiger partial charge in [-0.25, -0.2) is 10.8 Å². The van der Waals surface area contributed by atoms with Crippen molar-refractivity contribution in [1.29, 1.82) is 0 Å². The Morgan fingerprint density at radius 1 is 1.00 bits per heavy atom. The number of pyridine rings is 1. The van der Waals surface area contributed by atoms with Gasteiger partial charge in [-0.1, -0.05) is 24.3 Å². The third-order valence-corrected chi connectivity index (χ3v) is 1.84. The molecule has 0 spiro atoms. The summed E-state index contributed by atoms with van der Waals surface area (Å²) in [5.41, 5.74) is 0.767. The molecule has 0 saturated carbocycles. The molecule has 0 bridgehead atoms. The number of benzene rings is 1. The predicted octanol–water partition coefficient (Wildman–Crippen LogP) is 1.76. The molecule has 76 valence electrons. The first-order chi connectivity index (χ1) is 7.36. The summed E-state index contributed by atoms with van der Waals surface area (Å²) >= 11 is 0. The lowest BCUT2D eigenvalue weighted by atomic mass is 10.3. The van der Waals surface area contributed by atoms with Gasteiger partial charge in [0, 0.05) is 12.3 Å². The van der Waals surface area contributed by atoms with Gasteiger partial charge in [-0.2, -0.15) is 0 Å². The van der Waals surface area contributed by atoms with Crippen LogP contribution < -0.4 is 15.9 Å². The summed E-state index contributed by atoms with van der Waals surface area (Å²) in [6.07, 6.45) is 1.65. The zero-order valence-corrected chi connectivity index (χ0v) is 8.08. The highest BCUT2D eigenvalue weighted by Gasteiger charge is 2.02. The van der Waals surface area contributed by atoms with E-state index in [1.807, 2.05) is 42.5 Å². The van der Waals surface area contributed by atoms with Gasteiger partial charge >= 0.3 is 0 Å². The summed E-state index contributed by atoms with van der Waals surface area (Å²) in [6.45, 7) is 0. The fourth-order valence-electron chi connectivity index (χ4n) is 1.13. The van der Waals surface area contributed by atoms with Gasteiger partial charge in [0.05, 0.1) is 5.69 Å². The van der Waals surface area contributed by atoms with E-state index in [-0.39, 0.29) is 0 Å². The average molecular weight is 201 g/mol. The van der Waals surface area contributed by atoms with E-state index in [4.69, 9.17) is 10.7 Å². The van der Waals surface area contributed by atoms with E-state index >= 15 is 0 Å². The van der Waals surface area contributed by atoms with Gasteiger partial charge in [0.25, 0.3) is 0 Å². The molecule has 4 nitrogen and oxygen atoms in total. The zero-order chi connectivity index (χ0) is 10.5. The second-order valence-electron chi connectivity index (χ2n) is 2.92. The summed E-state index contributed by atoms with van der Waals surface area (Å²) < 4.78 is 0. The monoisotopic (exact) mass is 201 g/mol. The lowest BCUT2D eigenvalue weighted by Gasteiger charge is -2.17. The van der Waals surface area contributed by atoms with E-state index in [0.29, 0.717) is 5.88 Å². The molecule has 0 aliphatic carbocycles. The molecule has 4 heteroatoms. The van der Waals surface area contributed by atoms with E-state index in [9.17, 15) is 0 Å². The second-order valence-corrected chi connectivity index (χ2v) is 2.92. The van der Waals surface area contributed by atoms with E-state index in [2.05, 4.69) is 4.98 Å². The molecule has 0 unspecified atom stereocenters. The lowest BCUT2D eigenvalue weighted by Crippen LogP contribution is -2.34. The van der Waals surface area contributed by atoms with Crippen molar-refractivity contribution in [2.75, 3.05) is 5.17 Å². The maximum atomic E-state index is 5.70. The van der Waals surface area contributed by atoms with E-state index in [0.717, 1.165) is 5.69 Å². The van der Waals surface area contributed by atoms with Crippen molar-refractivity contribution < 1.29 is 4.84 Å². The van der Waals surface area contributed by atoms with Crippen LogP contribution >= 0.6 is 0 Å². The van der Waals surface area contributed by atoms with Crippen molar-refractivity contribution >= 4 is 5.69 Å². The fourth-order valence-corrected chi connectivity index (χ4v) is 1.13. The van der Waals surface area contributed by atoms with Crippen molar-refractivity contribution in [2.45, 2.75) is 0 Å². The van der Waals surface area contributed by atoms with Crippen LogP contribution in [0, 0.1) is 0 Å². The number of para-hydroxylation sites is 1. The van der Waals surface area contributed by atoms with E-state index in [1.165, 1.54) is 5.17 Å². The van der Waals surface area contributed by atoms with Crippen LogP contribution in [-0.4, -0.2) is 4.98 Å². The molecule has 0 aliphatic rings. The van der Waals surface area contributed by atoms with Crippen molar-refractivity contribution in [1.82, 2.24) is 4.98 Å². The highest BCUT2D eigenvalue weighted by molar-refractivity contribution is 5.42. The first-order valence-electron chi connectivity index (χ1n) is 4.55. The Kier molecular flexibility index (Phi) is 2.80. The first-order valence-corrected chi connectivity index (χ1v) is 4.55. The average Bonchev–Trinajstić information content (AvgIpc) is 2.31. The number of hydrogen-bond donors (Lipinski definition) is 1. The van der Waals surface area contributed by atoms with Gasteiger partial charge in [0.2, 0.25) is 5.88 Å². The summed E-state index contributed by atoms with van der Waals surface area (Å²) in [5, 5.41) is 1.18. The van der Waals surface area contributed by atoms with E-state index < -0.39 is 0 Å². The molecule has 0 fully saturated rings. The summed E-state index contributed by atoms with van der Waals surface area (Å²) in [6, 6.07) is 14.8. The van der Waals surface area contributed by atoms with Crippen LogP contribution in [0.4, 0.5) is 5.69 Å². The smallest absolute Gasteiger partial charge is 0.247 e. The topological polar surface area (TPSA) is 51.4 Å². The molecule has 1 aromatic carbocycles. The number of nitrogens with two attached hydrogens (primary N) is 1. The molecule has 2 N–H and O–H groups in total. The molecule has 0 amide bonds. The van der Waals surface area contributed by atoms with Crippen LogP contribution in [0.1, 0.15) is 0 Å². The molecule has 2 rings (SSSR count). The molecule has 1 aromatic heterocycles. The van der Waals surface area contributed by atoms with Crippen LogP contribution in [0.3, 0.4) is 0 Å². The normalized spacial score (nSPS) is 9.67. The Hall–Kier alpha value is -2.07. The molecular weight excluding hydrogens is 190 g/mol. The predicted molar refractivity (Wildman–Crippen MR) is 58.0 cm³/mol. The fraction of sp³-hybridized carbons (Fsp3) is 0. The minimum atomic E-state index is 0.462. The maximum Gasteiger partial charge on any atom is 0.247 e. The first kappa shape index (κ1) is 9.48. The third-order valence-electron chi connectivity index (χ3n) is 1.84. The molecule has 0 saturated heterocycles. The highest BCUT2D eigenvalue weighted by Crippen LogP contribution is 2.12. The molecule has 2 aromatic rings. The van der Waals surface area contributed by atoms with Crippen molar-refractivity contribution in [3.8, 4) is 5.88 Å². The quantitative estimate of drug-likeness (QED) is 0.607. The van der Waals surface area contributed by atoms with Crippen LogP contribution in [0.5, 0.6) is 5.88 Å². The van der Waals surface area contributed by atoms with Crippen molar-refractivity contribution in [2.24, 2.45) is 5.84 Å². The third kappa shape index (κ3) is 2.45. The molecule has 15 heavy (non-hydrogen) atoms. The van der Waals surface area contributed by atoms with Gasteiger partial charge in [-0.05, 0) is 18.2 Å². The Morgan fingerprint density at radius 3 is 2.40 bits per heavy atom. The summed E-state index contributed by atoms with van der Waals surface area (Å²) in [5.74, 6) is 6.16. The van der Waals surface area contributed by atoms with Gasteiger partial charge in [0.15, 0.2) is 0 Å². The standard InChI is InChI=1S/C11H11N3O/c12-14(10-6-2-1-3-7-10)15-11-8-4-5-9-13-11/h1-9H,12H2. The number of anilines is 1. The molecule has 0 radical (unpaired) electrons. The Labute approximate surface area is 87.8 Å². The number of aromatic nitrogens is 1. The Morgan fingerprint density at radius 2 is 1.73 bits per heavy atom. The second kappa shape index (κ2) is 4.43. The Balaban J connectivity index is 2.08. The van der Waals surface area contributed by atoms with Crippen LogP contribution in [0.25, 0.3) is 0 Å². The number of rotatable bonds is 3. The maximum absolute atomic E-state index is 5.70. The van der Waals surface area contributed by atoms with Crippen LogP contribution in [0.2, 0.25) is 0 Å². The van der Waals surface area contributed by atoms with Gasteiger partial charge in [0.1, 0.15) is 0 Å². The minimum Gasteiger partial charge on any atom is -0.344 e. The molecule has 1 heterocycles. The SMILES string of the molecule is NN(Oc1ccccn1)c1ccccc1. The molecular formula is C11H11N3O. The molecule has 0 atom stereocenters. The van der Waals surface area contributed by atoms with Crippen LogP contribution in [0.15, 0.2) is 54.7 Å². The van der Waals surface area contributed by atoms with Gasteiger partial charge in [-0.3, -0.25) is 0 Å². The van der Waals surface area contributed by atoms with Gasteiger partial charge < -0.3 is 4.84 Å². The lowest BCUT2D eigenvalue weighted by molar-refractivity contribution is 0.271. The van der Waals surface area contributed by atoms with Crippen molar-refractivity contribution in [3.63, 3.8) is 0 Å². The van der Waals surface area contributed by atoms with E-state index in [1.54, 1.807) is 12.3 Å². The number of hydrazine groups is 1. The zero-order valence-electron chi connectivity index (χ0n) is 8.08. The van der Waals surface area contributed by atoms with Gasteiger partial charge in [-0.15, -0.1) is 5.17 Å². The number of hydrogen-bond acceptors (Lipinski definition) is 4. The summed E-state index contributed by atoms with van der Waals surface area (Å²) in [7, 11) is 0. The highest BCUT2D eigenvalue weighted by atomic mass is 16.7. The summed E-state index contributed by atoms with van der Waals surface area (Å²) in [4.78, 5) is 9.30. The minimum absolute atomic E-state index is 0.462.